The maximum atomic E-state index is 12.9. The molecule has 3 rings (SSSR count). The molecule has 146 valence electrons. The van der Waals surface area contributed by atoms with Crippen LogP contribution in [0.1, 0.15) is 25.0 Å². The molecule has 0 saturated carbocycles. The maximum Gasteiger partial charge on any atom is 0.433 e. The number of piperidine rings is 1. The molecule has 2 aliphatic heterocycles. The summed E-state index contributed by atoms with van der Waals surface area (Å²) in [6.45, 7) is 4.25. The molecule has 26 heavy (non-hydrogen) atoms. The average Bonchev–Trinajstić information content (AvgIpc) is 2.62. The maximum absolute atomic E-state index is 12.9. The Morgan fingerprint density at radius 1 is 1.15 bits per heavy atom. The van der Waals surface area contributed by atoms with Crippen LogP contribution in [0.5, 0.6) is 0 Å². The molecule has 8 heteroatoms. The van der Waals surface area contributed by atoms with Crippen LogP contribution in [0.3, 0.4) is 0 Å². The molecule has 2 aliphatic rings. The Bertz CT molecular complexity index is 590. The highest BCUT2D eigenvalue weighted by atomic mass is 19.4. The Balaban J connectivity index is 1.71. The van der Waals surface area contributed by atoms with Crippen LogP contribution in [0.15, 0.2) is 18.2 Å². The van der Waals surface area contributed by atoms with Crippen LogP contribution in [-0.4, -0.2) is 78.4 Å². The second-order valence-corrected chi connectivity index (χ2v) is 7.26. The fourth-order valence-corrected chi connectivity index (χ4v) is 4.05. The topological polar surface area (TPSA) is 42.8 Å². The van der Waals surface area contributed by atoms with Crippen molar-refractivity contribution in [1.82, 2.24) is 14.8 Å². The van der Waals surface area contributed by atoms with E-state index < -0.39 is 11.9 Å². The summed E-state index contributed by atoms with van der Waals surface area (Å²) in [6.07, 6.45) is -1.61. The van der Waals surface area contributed by atoms with Gasteiger partial charge in [-0.1, -0.05) is 6.07 Å². The van der Waals surface area contributed by atoms with E-state index in [4.69, 9.17) is 0 Å². The zero-order valence-corrected chi connectivity index (χ0v) is 15.1. The predicted molar refractivity (Wildman–Crippen MR) is 94.2 cm³/mol. The number of aliphatic hydroxyl groups excluding tert-OH is 1. The standard InChI is InChI=1S/C18H27F3N4O/c1-23-8-5-14(6-9-23)25-11-10-24(13-15(25)7-12-26)17-4-2-3-16(22-17)18(19,20)21/h2-4,14-15,26H,5-13H2,1H3/t15-/m1/s1. The first-order chi connectivity index (χ1) is 12.4. The lowest BCUT2D eigenvalue weighted by atomic mass is 9.98. The SMILES string of the molecule is CN1CCC(N2CCN(c3cccc(C(F)(F)F)n3)C[C@H]2CCO)CC1. The lowest BCUT2D eigenvalue weighted by molar-refractivity contribution is -0.141. The molecule has 1 N–H and O–H groups in total. The molecule has 1 aromatic rings. The molecule has 0 bridgehead atoms. The highest BCUT2D eigenvalue weighted by Gasteiger charge is 2.35. The summed E-state index contributed by atoms with van der Waals surface area (Å²) in [5.41, 5.74) is -0.855. The molecule has 0 spiro atoms. The lowest BCUT2D eigenvalue weighted by Gasteiger charge is -2.47. The quantitative estimate of drug-likeness (QED) is 0.877. The van der Waals surface area contributed by atoms with Gasteiger partial charge in [-0.15, -0.1) is 0 Å². The molecule has 1 aromatic heterocycles. The fourth-order valence-electron chi connectivity index (χ4n) is 4.05. The van der Waals surface area contributed by atoms with Gasteiger partial charge >= 0.3 is 6.18 Å². The molecular formula is C18H27F3N4O. The number of aliphatic hydroxyl groups is 1. The molecular weight excluding hydrogens is 345 g/mol. The normalized spacial score (nSPS) is 24.2. The van der Waals surface area contributed by atoms with Crippen molar-refractivity contribution in [3.63, 3.8) is 0 Å². The van der Waals surface area contributed by atoms with Crippen molar-refractivity contribution < 1.29 is 18.3 Å². The van der Waals surface area contributed by atoms with Crippen LogP contribution in [0.25, 0.3) is 0 Å². The van der Waals surface area contributed by atoms with Crippen LogP contribution in [0.4, 0.5) is 19.0 Å². The number of rotatable bonds is 4. The molecule has 0 unspecified atom stereocenters. The third kappa shape index (κ3) is 4.47. The van der Waals surface area contributed by atoms with Gasteiger partial charge < -0.3 is 14.9 Å². The van der Waals surface area contributed by atoms with E-state index in [1.165, 1.54) is 6.07 Å². The van der Waals surface area contributed by atoms with Gasteiger partial charge in [0.2, 0.25) is 0 Å². The summed E-state index contributed by atoms with van der Waals surface area (Å²) in [4.78, 5) is 10.5. The average molecular weight is 372 g/mol. The molecule has 5 nitrogen and oxygen atoms in total. The summed E-state index contributed by atoms with van der Waals surface area (Å²) in [7, 11) is 2.12. The Morgan fingerprint density at radius 2 is 1.88 bits per heavy atom. The third-order valence-corrected chi connectivity index (χ3v) is 5.50. The van der Waals surface area contributed by atoms with Crippen molar-refractivity contribution in [1.29, 1.82) is 0 Å². The van der Waals surface area contributed by atoms with E-state index in [1.54, 1.807) is 6.07 Å². The molecule has 2 fully saturated rings. The number of halogens is 3. The summed E-state index contributed by atoms with van der Waals surface area (Å²) in [5, 5.41) is 9.47. The summed E-state index contributed by atoms with van der Waals surface area (Å²) in [6, 6.07) is 4.67. The van der Waals surface area contributed by atoms with Gasteiger partial charge in [0.05, 0.1) is 0 Å². The minimum Gasteiger partial charge on any atom is -0.396 e. The Kier molecular flexibility index (Phi) is 6.04. The molecule has 1 atom stereocenters. The van der Waals surface area contributed by atoms with Crippen LogP contribution in [0.2, 0.25) is 0 Å². The highest BCUT2D eigenvalue weighted by Crippen LogP contribution is 2.30. The minimum atomic E-state index is -4.43. The zero-order valence-electron chi connectivity index (χ0n) is 15.1. The van der Waals surface area contributed by atoms with Crippen LogP contribution in [0, 0.1) is 0 Å². The minimum absolute atomic E-state index is 0.0810. The number of hydrogen-bond donors (Lipinski definition) is 1. The highest BCUT2D eigenvalue weighted by molar-refractivity contribution is 5.40. The van der Waals surface area contributed by atoms with Gasteiger partial charge in [0, 0.05) is 38.3 Å². The molecule has 2 saturated heterocycles. The van der Waals surface area contributed by atoms with E-state index in [9.17, 15) is 18.3 Å². The van der Waals surface area contributed by atoms with Gasteiger partial charge in [-0.25, -0.2) is 4.98 Å². The largest absolute Gasteiger partial charge is 0.433 e. The first-order valence-corrected chi connectivity index (χ1v) is 9.23. The van der Waals surface area contributed by atoms with E-state index in [1.807, 2.05) is 4.90 Å². The second kappa shape index (κ2) is 8.10. The summed E-state index contributed by atoms with van der Waals surface area (Å²) < 4.78 is 38.8. The van der Waals surface area contributed by atoms with E-state index in [-0.39, 0.29) is 12.6 Å². The second-order valence-electron chi connectivity index (χ2n) is 7.26. The van der Waals surface area contributed by atoms with Gasteiger partial charge in [0.15, 0.2) is 0 Å². The monoisotopic (exact) mass is 372 g/mol. The van der Waals surface area contributed by atoms with Crippen LogP contribution < -0.4 is 4.90 Å². The molecule has 3 heterocycles. The molecule has 0 radical (unpaired) electrons. The molecule has 0 amide bonds. The van der Waals surface area contributed by atoms with E-state index >= 15 is 0 Å². The predicted octanol–water partition coefficient (Wildman–Crippen LogP) is 2.07. The lowest BCUT2D eigenvalue weighted by Crippen LogP contribution is -2.58. The summed E-state index contributed by atoms with van der Waals surface area (Å²) >= 11 is 0. The van der Waals surface area contributed by atoms with Gasteiger partial charge in [-0.3, -0.25) is 4.90 Å². The number of likely N-dealkylation sites (tertiary alicyclic amines) is 1. The first kappa shape index (κ1) is 19.4. The number of hydrogen-bond acceptors (Lipinski definition) is 5. The van der Waals surface area contributed by atoms with Crippen molar-refractivity contribution in [2.45, 2.75) is 37.5 Å². The number of piperazine rings is 1. The first-order valence-electron chi connectivity index (χ1n) is 9.23. The van der Waals surface area contributed by atoms with Gasteiger partial charge in [-0.05, 0) is 51.5 Å². The Labute approximate surface area is 152 Å². The summed E-state index contributed by atoms with van der Waals surface area (Å²) in [5.74, 6) is 0.366. The number of pyridine rings is 1. The van der Waals surface area contributed by atoms with Crippen molar-refractivity contribution in [3.8, 4) is 0 Å². The number of aromatic nitrogens is 1. The number of nitrogens with zero attached hydrogens (tertiary/aromatic N) is 4. The van der Waals surface area contributed by atoms with E-state index in [0.717, 1.165) is 38.5 Å². The van der Waals surface area contributed by atoms with Crippen molar-refractivity contribution in [2.24, 2.45) is 0 Å². The van der Waals surface area contributed by atoms with Crippen LogP contribution >= 0.6 is 0 Å². The zero-order chi connectivity index (χ0) is 18.7. The van der Waals surface area contributed by atoms with Gasteiger partial charge in [0.25, 0.3) is 0 Å². The third-order valence-electron chi connectivity index (χ3n) is 5.50. The molecule has 0 aromatic carbocycles. The smallest absolute Gasteiger partial charge is 0.396 e. The Hall–Kier alpha value is -1.38. The Morgan fingerprint density at radius 3 is 2.54 bits per heavy atom. The number of anilines is 1. The van der Waals surface area contributed by atoms with E-state index in [2.05, 4.69) is 21.8 Å². The number of alkyl halides is 3. The van der Waals surface area contributed by atoms with Crippen molar-refractivity contribution >= 4 is 5.82 Å². The van der Waals surface area contributed by atoms with Crippen molar-refractivity contribution in [3.05, 3.63) is 23.9 Å². The molecule has 0 aliphatic carbocycles. The van der Waals surface area contributed by atoms with E-state index in [0.29, 0.717) is 31.4 Å². The van der Waals surface area contributed by atoms with Crippen molar-refractivity contribution in [2.75, 3.05) is 51.3 Å². The van der Waals surface area contributed by atoms with Gasteiger partial charge in [-0.2, -0.15) is 13.2 Å². The van der Waals surface area contributed by atoms with Crippen LogP contribution in [-0.2, 0) is 6.18 Å². The fraction of sp³-hybridized carbons (Fsp3) is 0.722. The van der Waals surface area contributed by atoms with Gasteiger partial charge in [0.1, 0.15) is 11.5 Å².